The number of unbranched alkanes of at least 4 members (excludes halogenated alkanes) is 3. The fourth-order valence-corrected chi connectivity index (χ4v) is 2.92. The van der Waals surface area contributed by atoms with Gasteiger partial charge in [0.2, 0.25) is 0 Å². The van der Waals surface area contributed by atoms with Crippen LogP contribution in [-0.4, -0.2) is 6.61 Å². The van der Waals surface area contributed by atoms with Gasteiger partial charge in [-0.15, -0.1) is 11.3 Å². The van der Waals surface area contributed by atoms with Crippen molar-refractivity contribution in [1.82, 2.24) is 0 Å². The molecule has 2 nitrogen and oxygen atoms in total. The van der Waals surface area contributed by atoms with E-state index >= 15 is 0 Å². The van der Waals surface area contributed by atoms with E-state index in [9.17, 15) is 0 Å². The van der Waals surface area contributed by atoms with Crippen molar-refractivity contribution in [3.05, 3.63) is 53.4 Å². The third kappa shape index (κ3) is 5.05. The average molecular weight is 311 g/mol. The zero-order chi connectivity index (χ0) is 15.6. The van der Waals surface area contributed by atoms with E-state index in [2.05, 4.69) is 25.1 Å². The molecule has 1 aromatic carbocycles. The Morgan fingerprint density at radius 2 is 1.91 bits per heavy atom. The first-order valence-electron chi connectivity index (χ1n) is 7.71. The van der Waals surface area contributed by atoms with Crippen molar-refractivity contribution < 1.29 is 4.74 Å². The maximum atomic E-state index is 8.86. The SMILES string of the molecule is CCCCC/C=C/COc1ccc(-c2ccc(C#N)s2)cc1. The quantitative estimate of drug-likeness (QED) is 0.456. The number of benzene rings is 1. The van der Waals surface area contributed by atoms with E-state index in [-0.39, 0.29) is 0 Å². The second-order valence-electron chi connectivity index (χ2n) is 5.08. The molecule has 1 aromatic heterocycles. The molecule has 0 spiro atoms. The molecule has 0 saturated heterocycles. The van der Waals surface area contributed by atoms with Crippen molar-refractivity contribution in [2.24, 2.45) is 0 Å². The third-order valence-electron chi connectivity index (χ3n) is 3.34. The van der Waals surface area contributed by atoms with Crippen LogP contribution in [0.4, 0.5) is 0 Å². The van der Waals surface area contributed by atoms with Crippen LogP contribution in [0.3, 0.4) is 0 Å². The lowest BCUT2D eigenvalue weighted by atomic mass is 10.2. The first-order valence-corrected chi connectivity index (χ1v) is 8.53. The minimum absolute atomic E-state index is 0.614. The standard InChI is InChI=1S/C19H21NOS/c1-2-3-4-5-6-7-14-21-17-10-8-16(9-11-17)19-13-12-18(15-20)22-19/h6-13H,2-5,14H2,1H3/b7-6+. The van der Waals surface area contributed by atoms with Gasteiger partial charge in [-0.05, 0) is 54.8 Å². The van der Waals surface area contributed by atoms with Gasteiger partial charge in [-0.25, -0.2) is 0 Å². The number of nitriles is 1. The Morgan fingerprint density at radius 1 is 1.09 bits per heavy atom. The molecule has 0 fully saturated rings. The number of ether oxygens (including phenoxy) is 1. The molecule has 0 unspecified atom stereocenters. The molecule has 22 heavy (non-hydrogen) atoms. The Balaban J connectivity index is 1.81. The van der Waals surface area contributed by atoms with Crippen molar-refractivity contribution in [2.75, 3.05) is 6.61 Å². The predicted molar refractivity (Wildman–Crippen MR) is 93.2 cm³/mol. The van der Waals surface area contributed by atoms with Crippen LogP contribution in [0.25, 0.3) is 10.4 Å². The van der Waals surface area contributed by atoms with Gasteiger partial charge in [-0.2, -0.15) is 5.26 Å². The highest BCUT2D eigenvalue weighted by atomic mass is 32.1. The van der Waals surface area contributed by atoms with Crippen molar-refractivity contribution in [1.29, 1.82) is 5.26 Å². The van der Waals surface area contributed by atoms with Gasteiger partial charge in [0.05, 0.1) is 0 Å². The van der Waals surface area contributed by atoms with Crippen LogP contribution in [0.15, 0.2) is 48.6 Å². The maximum absolute atomic E-state index is 8.86. The van der Waals surface area contributed by atoms with Crippen LogP contribution < -0.4 is 4.74 Å². The van der Waals surface area contributed by atoms with E-state index in [0.717, 1.165) is 27.5 Å². The second kappa shape index (κ2) is 9.07. The van der Waals surface area contributed by atoms with Crippen LogP contribution in [0.5, 0.6) is 5.75 Å². The maximum Gasteiger partial charge on any atom is 0.119 e. The van der Waals surface area contributed by atoms with Crippen molar-refractivity contribution in [3.63, 3.8) is 0 Å². The summed E-state index contributed by atoms with van der Waals surface area (Å²) < 4.78 is 5.69. The molecule has 0 atom stereocenters. The van der Waals surface area contributed by atoms with E-state index in [4.69, 9.17) is 10.00 Å². The molecule has 0 N–H and O–H groups in total. The molecular formula is C19H21NOS. The van der Waals surface area contributed by atoms with E-state index in [1.54, 1.807) is 0 Å². The smallest absolute Gasteiger partial charge is 0.119 e. The van der Waals surface area contributed by atoms with E-state index in [1.165, 1.54) is 30.6 Å². The number of rotatable bonds is 8. The van der Waals surface area contributed by atoms with Crippen molar-refractivity contribution in [2.45, 2.75) is 32.6 Å². The molecule has 0 aliphatic heterocycles. The van der Waals surface area contributed by atoms with Gasteiger partial charge in [-0.3, -0.25) is 0 Å². The Hall–Kier alpha value is -2.05. The zero-order valence-corrected chi connectivity index (χ0v) is 13.7. The van der Waals surface area contributed by atoms with Gasteiger partial charge in [0, 0.05) is 4.88 Å². The molecule has 114 valence electrons. The first kappa shape index (κ1) is 16.3. The molecule has 2 aromatic rings. The molecule has 0 saturated carbocycles. The first-order chi connectivity index (χ1) is 10.8. The number of thiophene rings is 1. The van der Waals surface area contributed by atoms with Gasteiger partial charge < -0.3 is 4.74 Å². The molecule has 2 rings (SSSR count). The second-order valence-corrected chi connectivity index (χ2v) is 6.16. The summed E-state index contributed by atoms with van der Waals surface area (Å²) in [6.07, 6.45) is 9.23. The minimum Gasteiger partial charge on any atom is -0.490 e. The molecular weight excluding hydrogens is 290 g/mol. The van der Waals surface area contributed by atoms with Crippen LogP contribution >= 0.6 is 11.3 Å². The molecule has 0 aliphatic carbocycles. The van der Waals surface area contributed by atoms with Crippen molar-refractivity contribution >= 4 is 11.3 Å². The molecule has 1 heterocycles. The fraction of sp³-hybridized carbons (Fsp3) is 0.316. The summed E-state index contributed by atoms with van der Waals surface area (Å²) in [5.74, 6) is 0.874. The Morgan fingerprint density at radius 3 is 2.59 bits per heavy atom. The van der Waals surface area contributed by atoms with Crippen LogP contribution in [-0.2, 0) is 0 Å². The van der Waals surface area contributed by atoms with Gasteiger partial charge in [0.25, 0.3) is 0 Å². The molecule has 0 aliphatic rings. The molecule has 0 bridgehead atoms. The monoisotopic (exact) mass is 311 g/mol. The average Bonchev–Trinajstić information content (AvgIpc) is 3.04. The van der Waals surface area contributed by atoms with E-state index < -0.39 is 0 Å². The summed E-state index contributed by atoms with van der Waals surface area (Å²) in [6.45, 7) is 2.83. The lowest BCUT2D eigenvalue weighted by Crippen LogP contribution is -1.92. The molecule has 3 heteroatoms. The fourth-order valence-electron chi connectivity index (χ4n) is 2.11. The molecule has 0 radical (unpaired) electrons. The van der Waals surface area contributed by atoms with Crippen LogP contribution in [0.1, 0.15) is 37.5 Å². The predicted octanol–water partition coefficient (Wildman–Crippen LogP) is 5.80. The largest absolute Gasteiger partial charge is 0.490 e. The van der Waals surface area contributed by atoms with E-state index in [0.29, 0.717) is 6.61 Å². The summed E-state index contributed by atoms with van der Waals surface area (Å²) in [7, 11) is 0. The summed E-state index contributed by atoms with van der Waals surface area (Å²) in [6, 6.07) is 14.0. The highest BCUT2D eigenvalue weighted by Crippen LogP contribution is 2.29. The highest BCUT2D eigenvalue weighted by Gasteiger charge is 2.02. The summed E-state index contributed by atoms with van der Waals surface area (Å²) in [5, 5.41) is 8.86. The van der Waals surface area contributed by atoms with Crippen LogP contribution in [0, 0.1) is 11.3 Å². The number of allylic oxidation sites excluding steroid dienone is 1. The minimum atomic E-state index is 0.614. The highest BCUT2D eigenvalue weighted by molar-refractivity contribution is 7.16. The van der Waals surface area contributed by atoms with Crippen molar-refractivity contribution in [3.8, 4) is 22.3 Å². The zero-order valence-electron chi connectivity index (χ0n) is 12.9. The normalized spacial score (nSPS) is 10.7. The van der Waals surface area contributed by atoms with E-state index in [1.807, 2.05) is 36.4 Å². The summed E-state index contributed by atoms with van der Waals surface area (Å²) >= 11 is 1.51. The number of hydrogen-bond acceptors (Lipinski definition) is 3. The van der Waals surface area contributed by atoms with Gasteiger partial charge in [-0.1, -0.05) is 31.9 Å². The van der Waals surface area contributed by atoms with Crippen LogP contribution in [0.2, 0.25) is 0 Å². The summed E-state index contributed by atoms with van der Waals surface area (Å²) in [4.78, 5) is 1.85. The third-order valence-corrected chi connectivity index (χ3v) is 4.38. The van der Waals surface area contributed by atoms with Gasteiger partial charge in [0.1, 0.15) is 23.3 Å². The topological polar surface area (TPSA) is 33.0 Å². The Labute approximate surface area is 136 Å². The lowest BCUT2D eigenvalue weighted by Gasteiger charge is -2.04. The van der Waals surface area contributed by atoms with Gasteiger partial charge >= 0.3 is 0 Å². The van der Waals surface area contributed by atoms with Gasteiger partial charge in [0.15, 0.2) is 0 Å². The lowest BCUT2D eigenvalue weighted by molar-refractivity contribution is 0.362. The Bertz CT molecular complexity index is 634. The molecule has 0 amide bonds. The summed E-state index contributed by atoms with van der Waals surface area (Å²) in [5.41, 5.74) is 1.12. The number of hydrogen-bond donors (Lipinski definition) is 0. The Kier molecular flexibility index (Phi) is 6.73. The number of nitrogens with zero attached hydrogens (tertiary/aromatic N) is 1.